The number of para-hydroxylation sites is 1. The first-order valence-electron chi connectivity index (χ1n) is 5.73. The van der Waals surface area contributed by atoms with E-state index in [1.54, 1.807) is 0 Å². The van der Waals surface area contributed by atoms with Gasteiger partial charge >= 0.3 is 0 Å². The maximum absolute atomic E-state index is 13.3. The summed E-state index contributed by atoms with van der Waals surface area (Å²) in [5.74, 6) is -0.888. The summed E-state index contributed by atoms with van der Waals surface area (Å²) >= 11 is 0. The Labute approximate surface area is 110 Å². The highest BCUT2D eigenvalue weighted by Gasteiger charge is 2.26. The zero-order valence-corrected chi connectivity index (χ0v) is 10.8. The Hall–Kier alpha value is -1.67. The fourth-order valence-electron chi connectivity index (χ4n) is 1.87. The number of carbonyl (C=O) groups excluding carboxylic acids is 1. The third kappa shape index (κ3) is 3.02. The first-order chi connectivity index (χ1) is 8.90. The van der Waals surface area contributed by atoms with E-state index < -0.39 is 27.6 Å². The molecular weight excluding hydrogens is 273 g/mol. The number of carbonyl (C=O) groups is 1. The van der Waals surface area contributed by atoms with E-state index >= 15 is 0 Å². The van der Waals surface area contributed by atoms with Crippen molar-refractivity contribution in [2.75, 3.05) is 12.3 Å². The highest BCUT2D eigenvalue weighted by Crippen LogP contribution is 2.21. The van der Waals surface area contributed by atoms with Gasteiger partial charge in [0, 0.05) is 19.0 Å². The Kier molecular flexibility index (Phi) is 3.72. The second-order valence-corrected chi connectivity index (χ2v) is 6.00. The molecule has 1 saturated heterocycles. The number of benzene rings is 1. The number of anilines is 1. The van der Waals surface area contributed by atoms with Crippen LogP contribution >= 0.6 is 0 Å². The molecule has 6 nitrogen and oxygen atoms in total. The molecule has 0 spiro atoms. The van der Waals surface area contributed by atoms with Crippen molar-refractivity contribution >= 4 is 21.6 Å². The molecule has 1 aromatic carbocycles. The Bertz CT molecular complexity index is 593. The standard InChI is InChI=1S/C11H14FN3O3S/c12-8-2-1-3-9(11(8)13)19(17,18)15-7-4-5-10(16)14-6-7/h1-3,7,15H,4-6,13H2,(H,14,16). The monoisotopic (exact) mass is 287 g/mol. The van der Waals surface area contributed by atoms with Crippen LogP contribution in [-0.4, -0.2) is 26.9 Å². The molecule has 1 aromatic rings. The van der Waals surface area contributed by atoms with Gasteiger partial charge in [0.2, 0.25) is 15.9 Å². The van der Waals surface area contributed by atoms with Crippen molar-refractivity contribution in [2.24, 2.45) is 0 Å². The number of hydrogen-bond donors (Lipinski definition) is 3. The zero-order valence-electron chi connectivity index (χ0n) is 10.0. The van der Waals surface area contributed by atoms with Gasteiger partial charge < -0.3 is 11.1 Å². The summed E-state index contributed by atoms with van der Waals surface area (Å²) in [4.78, 5) is 10.7. The van der Waals surface area contributed by atoms with Crippen molar-refractivity contribution in [1.82, 2.24) is 10.0 Å². The molecule has 0 saturated carbocycles. The second-order valence-electron chi connectivity index (χ2n) is 4.31. The van der Waals surface area contributed by atoms with Gasteiger partial charge in [-0.15, -0.1) is 0 Å². The molecule has 1 heterocycles. The Morgan fingerprint density at radius 1 is 1.42 bits per heavy atom. The van der Waals surface area contributed by atoms with Crippen LogP contribution in [0.15, 0.2) is 23.1 Å². The molecule has 104 valence electrons. The molecule has 1 unspecified atom stereocenters. The summed E-state index contributed by atoms with van der Waals surface area (Å²) in [6, 6.07) is 3.20. The van der Waals surface area contributed by atoms with Gasteiger partial charge in [0.1, 0.15) is 10.7 Å². The lowest BCUT2D eigenvalue weighted by Gasteiger charge is -2.23. The number of rotatable bonds is 3. The minimum atomic E-state index is -3.90. The van der Waals surface area contributed by atoms with Gasteiger partial charge in [0.15, 0.2) is 0 Å². The lowest BCUT2D eigenvalue weighted by atomic mass is 10.1. The van der Waals surface area contributed by atoms with Crippen LogP contribution in [0.1, 0.15) is 12.8 Å². The van der Waals surface area contributed by atoms with Crippen molar-refractivity contribution in [3.63, 3.8) is 0 Å². The highest BCUT2D eigenvalue weighted by molar-refractivity contribution is 7.89. The molecule has 1 amide bonds. The summed E-state index contributed by atoms with van der Waals surface area (Å²) in [7, 11) is -3.90. The lowest BCUT2D eigenvalue weighted by molar-refractivity contribution is -0.122. The Morgan fingerprint density at radius 2 is 2.16 bits per heavy atom. The fraction of sp³-hybridized carbons (Fsp3) is 0.364. The number of halogens is 1. The van der Waals surface area contributed by atoms with Crippen molar-refractivity contribution in [1.29, 1.82) is 0 Å². The first kappa shape index (κ1) is 13.8. The minimum Gasteiger partial charge on any atom is -0.395 e. The van der Waals surface area contributed by atoms with Crippen molar-refractivity contribution in [3.05, 3.63) is 24.0 Å². The molecule has 19 heavy (non-hydrogen) atoms. The molecule has 2 rings (SSSR count). The van der Waals surface area contributed by atoms with Crippen LogP contribution in [0.5, 0.6) is 0 Å². The number of nitrogens with two attached hydrogens (primary N) is 1. The van der Waals surface area contributed by atoms with Gasteiger partial charge in [0.05, 0.1) is 5.69 Å². The number of nitrogens with one attached hydrogen (secondary N) is 2. The molecule has 0 aliphatic carbocycles. The minimum absolute atomic E-state index is 0.110. The van der Waals surface area contributed by atoms with E-state index in [9.17, 15) is 17.6 Å². The van der Waals surface area contributed by atoms with E-state index in [2.05, 4.69) is 10.0 Å². The van der Waals surface area contributed by atoms with Crippen molar-refractivity contribution in [3.8, 4) is 0 Å². The van der Waals surface area contributed by atoms with Crippen molar-refractivity contribution in [2.45, 2.75) is 23.8 Å². The molecule has 1 fully saturated rings. The summed E-state index contributed by atoms with van der Waals surface area (Å²) in [6.45, 7) is 0.216. The van der Waals surface area contributed by atoms with Crippen LogP contribution in [0.3, 0.4) is 0 Å². The molecule has 8 heteroatoms. The maximum Gasteiger partial charge on any atom is 0.243 e. The largest absolute Gasteiger partial charge is 0.395 e. The quantitative estimate of drug-likeness (QED) is 0.679. The van der Waals surface area contributed by atoms with Crippen LogP contribution in [0, 0.1) is 5.82 Å². The molecule has 1 aliphatic heterocycles. The predicted octanol–water partition coefficient (Wildman–Crippen LogP) is -0.0352. The van der Waals surface area contributed by atoms with Gasteiger partial charge in [0.25, 0.3) is 0 Å². The fourth-order valence-corrected chi connectivity index (χ4v) is 3.28. The molecule has 1 aliphatic rings. The van der Waals surface area contributed by atoms with E-state index in [4.69, 9.17) is 5.73 Å². The highest BCUT2D eigenvalue weighted by atomic mass is 32.2. The van der Waals surface area contributed by atoms with Crippen LogP contribution in [0.4, 0.5) is 10.1 Å². The van der Waals surface area contributed by atoms with Crippen molar-refractivity contribution < 1.29 is 17.6 Å². The summed E-state index contributed by atoms with van der Waals surface area (Å²) in [5, 5.41) is 2.56. The number of sulfonamides is 1. The SMILES string of the molecule is Nc1c(F)cccc1S(=O)(=O)NC1CCC(=O)NC1. The number of piperidine rings is 1. The van der Waals surface area contributed by atoms with Crippen LogP contribution < -0.4 is 15.8 Å². The van der Waals surface area contributed by atoms with E-state index in [1.165, 1.54) is 12.1 Å². The normalized spacial score (nSPS) is 20.1. The summed E-state index contributed by atoms with van der Waals surface area (Å²) in [6.07, 6.45) is 0.659. The molecule has 1 atom stereocenters. The van der Waals surface area contributed by atoms with Gasteiger partial charge in [-0.1, -0.05) is 6.07 Å². The van der Waals surface area contributed by atoms with Gasteiger partial charge in [-0.05, 0) is 18.6 Å². The van der Waals surface area contributed by atoms with E-state index in [0.29, 0.717) is 6.42 Å². The Morgan fingerprint density at radius 3 is 2.79 bits per heavy atom. The topological polar surface area (TPSA) is 101 Å². The zero-order chi connectivity index (χ0) is 14.0. The van der Waals surface area contributed by atoms with E-state index in [0.717, 1.165) is 6.07 Å². The number of nitrogen functional groups attached to an aromatic ring is 1. The number of amides is 1. The smallest absolute Gasteiger partial charge is 0.243 e. The van der Waals surface area contributed by atoms with E-state index in [-0.39, 0.29) is 23.8 Å². The predicted molar refractivity (Wildman–Crippen MR) is 67.2 cm³/mol. The average Bonchev–Trinajstić information content (AvgIpc) is 2.35. The van der Waals surface area contributed by atoms with Gasteiger partial charge in [-0.3, -0.25) is 4.79 Å². The van der Waals surface area contributed by atoms with Crippen LogP contribution in [0.25, 0.3) is 0 Å². The van der Waals surface area contributed by atoms with E-state index in [1.807, 2.05) is 0 Å². The Balaban J connectivity index is 2.19. The molecule has 4 N–H and O–H groups in total. The molecule has 0 bridgehead atoms. The first-order valence-corrected chi connectivity index (χ1v) is 7.21. The van der Waals surface area contributed by atoms with Crippen LogP contribution in [0.2, 0.25) is 0 Å². The van der Waals surface area contributed by atoms with Gasteiger partial charge in [-0.2, -0.15) is 0 Å². The average molecular weight is 287 g/mol. The third-order valence-electron chi connectivity index (χ3n) is 2.89. The number of hydrogen-bond acceptors (Lipinski definition) is 4. The molecular formula is C11H14FN3O3S. The third-order valence-corrected chi connectivity index (χ3v) is 4.47. The van der Waals surface area contributed by atoms with Crippen LogP contribution in [-0.2, 0) is 14.8 Å². The summed E-state index contributed by atoms with van der Waals surface area (Å²) in [5.41, 5.74) is 5.02. The maximum atomic E-state index is 13.3. The lowest BCUT2D eigenvalue weighted by Crippen LogP contribution is -2.47. The van der Waals surface area contributed by atoms with Gasteiger partial charge in [-0.25, -0.2) is 17.5 Å². The summed E-state index contributed by atoms with van der Waals surface area (Å²) < 4.78 is 39.8. The molecule has 0 radical (unpaired) electrons. The second kappa shape index (κ2) is 5.14. The molecule has 0 aromatic heterocycles.